The van der Waals surface area contributed by atoms with E-state index in [1.807, 2.05) is 0 Å². The second-order valence-corrected chi connectivity index (χ2v) is 3.93. The molecule has 1 nitrogen and oxygen atoms in total. The molecule has 0 bridgehead atoms. The molecule has 0 heterocycles. The molecule has 12 heavy (non-hydrogen) atoms. The van der Waals surface area contributed by atoms with Gasteiger partial charge in [0.25, 0.3) is 0 Å². The Morgan fingerprint density at radius 2 is 1.92 bits per heavy atom. The van der Waals surface area contributed by atoms with Gasteiger partial charge in [-0.3, -0.25) is 0 Å². The first-order valence-corrected chi connectivity index (χ1v) is 4.91. The third-order valence-electron chi connectivity index (χ3n) is 2.10. The van der Waals surface area contributed by atoms with Crippen LogP contribution >= 0.6 is 0 Å². The second-order valence-electron chi connectivity index (χ2n) is 3.93. The summed E-state index contributed by atoms with van der Waals surface area (Å²) in [6.07, 6.45) is 3.62. The zero-order chi connectivity index (χ0) is 9.56. The van der Waals surface area contributed by atoms with Crippen LogP contribution in [0.25, 0.3) is 0 Å². The molecule has 1 unspecified atom stereocenters. The zero-order valence-corrected chi connectivity index (χ0v) is 8.64. The van der Waals surface area contributed by atoms with Crippen molar-refractivity contribution in [2.24, 2.45) is 5.92 Å². The molecule has 0 aliphatic carbocycles. The van der Waals surface area contributed by atoms with Gasteiger partial charge in [0.2, 0.25) is 0 Å². The Morgan fingerprint density at radius 1 is 1.33 bits per heavy atom. The van der Waals surface area contributed by atoms with Crippen LogP contribution in [0.2, 0.25) is 0 Å². The normalized spacial score (nSPS) is 13.4. The first-order chi connectivity index (χ1) is 5.56. The predicted octanol–water partition coefficient (Wildman–Crippen LogP) is 3.14. The largest absolute Gasteiger partial charge is 0.393 e. The first-order valence-electron chi connectivity index (χ1n) is 4.91. The van der Waals surface area contributed by atoms with Crippen molar-refractivity contribution in [2.45, 2.75) is 52.6 Å². The Kier molecular flexibility index (Phi) is 6.09. The van der Waals surface area contributed by atoms with E-state index in [2.05, 4.69) is 27.4 Å². The minimum atomic E-state index is -0.167. The van der Waals surface area contributed by atoms with Crippen LogP contribution in [0.4, 0.5) is 0 Å². The van der Waals surface area contributed by atoms with E-state index in [1.165, 1.54) is 0 Å². The lowest BCUT2D eigenvalue weighted by atomic mass is 10.00. The first kappa shape index (κ1) is 11.7. The molecule has 0 aliphatic rings. The molecule has 0 saturated carbocycles. The van der Waals surface area contributed by atoms with Gasteiger partial charge in [0.1, 0.15) is 0 Å². The van der Waals surface area contributed by atoms with Crippen LogP contribution in [0.3, 0.4) is 0 Å². The summed E-state index contributed by atoms with van der Waals surface area (Å²) in [4.78, 5) is 0. The Hall–Kier alpha value is -0.300. The molecular formula is C11H22O. The van der Waals surface area contributed by atoms with E-state index < -0.39 is 0 Å². The average molecular weight is 170 g/mol. The van der Waals surface area contributed by atoms with Crippen molar-refractivity contribution in [1.82, 2.24) is 0 Å². The van der Waals surface area contributed by atoms with Gasteiger partial charge in [-0.2, -0.15) is 0 Å². The van der Waals surface area contributed by atoms with Gasteiger partial charge in [-0.1, -0.05) is 32.9 Å². The second kappa shape index (κ2) is 6.24. The van der Waals surface area contributed by atoms with Crippen molar-refractivity contribution in [3.8, 4) is 0 Å². The van der Waals surface area contributed by atoms with E-state index in [0.717, 1.165) is 31.3 Å². The fourth-order valence-corrected chi connectivity index (χ4v) is 1.11. The van der Waals surface area contributed by atoms with Gasteiger partial charge in [0.05, 0.1) is 6.10 Å². The van der Waals surface area contributed by atoms with Crippen molar-refractivity contribution in [1.29, 1.82) is 0 Å². The lowest BCUT2D eigenvalue weighted by molar-refractivity contribution is 0.156. The summed E-state index contributed by atoms with van der Waals surface area (Å²) in [5.41, 5.74) is 1.16. The van der Waals surface area contributed by atoms with Gasteiger partial charge >= 0.3 is 0 Å². The van der Waals surface area contributed by atoms with Crippen molar-refractivity contribution in [3.63, 3.8) is 0 Å². The van der Waals surface area contributed by atoms with Gasteiger partial charge in [-0.25, -0.2) is 0 Å². The number of rotatable bonds is 6. The fraction of sp³-hybridized carbons (Fsp3) is 0.818. The topological polar surface area (TPSA) is 20.2 Å². The molecule has 0 spiro atoms. The molecule has 0 amide bonds. The van der Waals surface area contributed by atoms with E-state index in [4.69, 9.17) is 0 Å². The number of aliphatic hydroxyl groups excluding tert-OH is 1. The SMILES string of the molecule is C=C(CC)CC(O)CCC(C)C. The predicted molar refractivity (Wildman–Crippen MR) is 54.1 cm³/mol. The summed E-state index contributed by atoms with van der Waals surface area (Å²) in [6.45, 7) is 10.3. The molecule has 0 aliphatic heterocycles. The van der Waals surface area contributed by atoms with Gasteiger partial charge in [-0.05, 0) is 31.6 Å². The molecule has 0 aromatic heterocycles. The minimum Gasteiger partial charge on any atom is -0.393 e. The fourth-order valence-electron chi connectivity index (χ4n) is 1.11. The lowest BCUT2D eigenvalue weighted by Gasteiger charge is -2.12. The summed E-state index contributed by atoms with van der Waals surface area (Å²) in [5.74, 6) is 0.689. The highest BCUT2D eigenvalue weighted by atomic mass is 16.3. The Balaban J connectivity index is 3.45. The molecule has 0 aromatic rings. The number of hydrogen-bond donors (Lipinski definition) is 1. The minimum absolute atomic E-state index is 0.167. The standard InChI is InChI=1S/C11H22O/c1-5-10(4)8-11(12)7-6-9(2)3/h9,11-12H,4-8H2,1-3H3. The summed E-state index contributed by atoms with van der Waals surface area (Å²) in [6, 6.07) is 0. The third kappa shape index (κ3) is 6.41. The van der Waals surface area contributed by atoms with Crippen LogP contribution in [0.5, 0.6) is 0 Å². The van der Waals surface area contributed by atoms with Gasteiger partial charge in [-0.15, -0.1) is 0 Å². The van der Waals surface area contributed by atoms with E-state index in [9.17, 15) is 5.11 Å². The van der Waals surface area contributed by atoms with Crippen molar-refractivity contribution in [3.05, 3.63) is 12.2 Å². The molecule has 0 rings (SSSR count). The van der Waals surface area contributed by atoms with E-state index in [-0.39, 0.29) is 6.10 Å². The highest BCUT2D eigenvalue weighted by molar-refractivity contribution is 4.94. The molecule has 1 N–H and O–H groups in total. The van der Waals surface area contributed by atoms with Gasteiger partial charge in [0, 0.05) is 0 Å². The third-order valence-corrected chi connectivity index (χ3v) is 2.10. The summed E-state index contributed by atoms with van der Waals surface area (Å²) in [7, 11) is 0. The van der Waals surface area contributed by atoms with Crippen molar-refractivity contribution in [2.75, 3.05) is 0 Å². The molecule has 1 atom stereocenters. The van der Waals surface area contributed by atoms with Crippen molar-refractivity contribution >= 4 is 0 Å². The Labute approximate surface area is 76.5 Å². The molecule has 0 radical (unpaired) electrons. The van der Waals surface area contributed by atoms with E-state index >= 15 is 0 Å². The Morgan fingerprint density at radius 3 is 2.33 bits per heavy atom. The molecule has 0 aromatic carbocycles. The van der Waals surface area contributed by atoms with Gasteiger partial charge < -0.3 is 5.11 Å². The van der Waals surface area contributed by atoms with E-state index in [1.54, 1.807) is 0 Å². The lowest BCUT2D eigenvalue weighted by Crippen LogP contribution is -2.08. The van der Waals surface area contributed by atoms with Crippen LogP contribution < -0.4 is 0 Å². The average Bonchev–Trinajstić information content (AvgIpc) is 2.00. The van der Waals surface area contributed by atoms with Crippen molar-refractivity contribution < 1.29 is 5.11 Å². The zero-order valence-electron chi connectivity index (χ0n) is 8.64. The molecule has 72 valence electrons. The van der Waals surface area contributed by atoms with Crippen LogP contribution in [0, 0.1) is 5.92 Å². The molecule has 0 saturated heterocycles. The highest BCUT2D eigenvalue weighted by Gasteiger charge is 2.06. The van der Waals surface area contributed by atoms with Crippen LogP contribution in [0.1, 0.15) is 46.5 Å². The Bertz CT molecular complexity index is 127. The molecule has 1 heteroatoms. The van der Waals surface area contributed by atoms with Gasteiger partial charge in [0.15, 0.2) is 0 Å². The summed E-state index contributed by atoms with van der Waals surface area (Å²) >= 11 is 0. The van der Waals surface area contributed by atoms with Crippen LogP contribution in [-0.2, 0) is 0 Å². The highest BCUT2D eigenvalue weighted by Crippen LogP contribution is 2.13. The summed E-state index contributed by atoms with van der Waals surface area (Å²) < 4.78 is 0. The van der Waals surface area contributed by atoms with Crippen LogP contribution in [0.15, 0.2) is 12.2 Å². The molecule has 0 fully saturated rings. The van der Waals surface area contributed by atoms with E-state index in [0.29, 0.717) is 5.92 Å². The molecular weight excluding hydrogens is 148 g/mol. The monoisotopic (exact) mass is 170 g/mol. The smallest absolute Gasteiger partial charge is 0.0577 e. The summed E-state index contributed by atoms with van der Waals surface area (Å²) in [5, 5.41) is 9.54. The number of aliphatic hydroxyl groups is 1. The maximum absolute atomic E-state index is 9.54. The maximum atomic E-state index is 9.54. The maximum Gasteiger partial charge on any atom is 0.0577 e. The quantitative estimate of drug-likeness (QED) is 0.607. The van der Waals surface area contributed by atoms with Crippen LogP contribution in [-0.4, -0.2) is 11.2 Å². The number of hydrogen-bond acceptors (Lipinski definition) is 1.